The molecule has 0 radical (unpaired) electrons. The first-order valence-corrected chi connectivity index (χ1v) is 9.23. The van der Waals surface area contributed by atoms with E-state index in [2.05, 4.69) is 10.5 Å². The zero-order chi connectivity index (χ0) is 21.3. The van der Waals surface area contributed by atoms with Gasteiger partial charge in [0.2, 0.25) is 0 Å². The molecule has 0 bridgehead atoms. The third-order valence-electron chi connectivity index (χ3n) is 3.99. The fraction of sp³-hybridized carbons (Fsp3) is 0.0870. The van der Waals surface area contributed by atoms with E-state index < -0.39 is 11.9 Å². The topological polar surface area (TPSA) is 97.2 Å². The van der Waals surface area contributed by atoms with Crippen molar-refractivity contribution in [2.45, 2.75) is 6.92 Å². The van der Waals surface area contributed by atoms with Crippen molar-refractivity contribution in [3.8, 4) is 17.2 Å². The van der Waals surface area contributed by atoms with Crippen LogP contribution >= 0.6 is 0 Å². The quantitative estimate of drug-likeness (QED) is 0.270. The molecule has 30 heavy (non-hydrogen) atoms. The third kappa shape index (κ3) is 5.45. The predicted octanol–water partition coefficient (Wildman–Crippen LogP) is 3.77. The molecule has 0 saturated heterocycles. The minimum Gasteiger partial charge on any atom is -0.508 e. The van der Waals surface area contributed by atoms with Crippen molar-refractivity contribution in [1.29, 1.82) is 0 Å². The van der Waals surface area contributed by atoms with Crippen LogP contribution in [0.3, 0.4) is 0 Å². The number of hydrogen-bond acceptors (Lipinski definition) is 6. The molecule has 3 aromatic carbocycles. The Labute approximate surface area is 173 Å². The van der Waals surface area contributed by atoms with Crippen molar-refractivity contribution < 1.29 is 24.2 Å². The van der Waals surface area contributed by atoms with Crippen molar-refractivity contribution in [3.63, 3.8) is 0 Å². The van der Waals surface area contributed by atoms with Crippen LogP contribution in [-0.2, 0) is 0 Å². The van der Waals surface area contributed by atoms with Gasteiger partial charge in [-0.15, -0.1) is 0 Å². The molecule has 3 rings (SSSR count). The Hall–Kier alpha value is -4.13. The zero-order valence-electron chi connectivity index (χ0n) is 16.2. The molecular formula is C23H20N2O5. The summed E-state index contributed by atoms with van der Waals surface area (Å²) in [5, 5.41) is 13.2. The summed E-state index contributed by atoms with van der Waals surface area (Å²) in [7, 11) is 0. The average Bonchev–Trinajstić information content (AvgIpc) is 2.76. The van der Waals surface area contributed by atoms with Gasteiger partial charge in [0.05, 0.1) is 18.4 Å². The maximum absolute atomic E-state index is 12.3. The van der Waals surface area contributed by atoms with Gasteiger partial charge in [-0.25, -0.2) is 10.2 Å². The van der Waals surface area contributed by atoms with Gasteiger partial charge in [-0.1, -0.05) is 18.2 Å². The van der Waals surface area contributed by atoms with Crippen LogP contribution in [0.1, 0.15) is 33.2 Å². The van der Waals surface area contributed by atoms with Gasteiger partial charge in [-0.2, -0.15) is 5.10 Å². The van der Waals surface area contributed by atoms with Gasteiger partial charge in [0.1, 0.15) is 5.75 Å². The Morgan fingerprint density at radius 1 is 0.967 bits per heavy atom. The number of phenolic OH excluding ortho intramolecular Hbond substituents is 1. The van der Waals surface area contributed by atoms with Crippen LogP contribution in [0.4, 0.5) is 0 Å². The Morgan fingerprint density at radius 3 is 2.40 bits per heavy atom. The van der Waals surface area contributed by atoms with Crippen LogP contribution in [0.15, 0.2) is 77.9 Å². The molecule has 1 amide bonds. The smallest absolute Gasteiger partial charge is 0.343 e. The summed E-state index contributed by atoms with van der Waals surface area (Å²) in [5.74, 6) is -0.151. The molecule has 0 aliphatic heterocycles. The van der Waals surface area contributed by atoms with E-state index in [1.165, 1.54) is 30.5 Å². The van der Waals surface area contributed by atoms with E-state index in [1.807, 2.05) is 13.0 Å². The molecule has 3 aromatic rings. The summed E-state index contributed by atoms with van der Waals surface area (Å²) < 4.78 is 11.0. The summed E-state index contributed by atoms with van der Waals surface area (Å²) >= 11 is 0. The average molecular weight is 404 g/mol. The van der Waals surface area contributed by atoms with Crippen molar-refractivity contribution in [2.24, 2.45) is 5.10 Å². The number of benzene rings is 3. The molecule has 0 unspecified atom stereocenters. The first kappa shape index (κ1) is 20.6. The second kappa shape index (κ2) is 9.88. The molecular weight excluding hydrogens is 384 g/mol. The number of phenols is 1. The van der Waals surface area contributed by atoms with Crippen molar-refractivity contribution in [2.75, 3.05) is 6.61 Å². The van der Waals surface area contributed by atoms with E-state index in [-0.39, 0.29) is 11.5 Å². The number of rotatable bonds is 7. The molecule has 7 nitrogen and oxygen atoms in total. The second-order valence-electron chi connectivity index (χ2n) is 6.14. The summed E-state index contributed by atoms with van der Waals surface area (Å²) in [6, 6.07) is 19.4. The standard InChI is InChI=1S/C23H20N2O5/c1-2-29-21-14-16(15-24-25-22(27)17-9-11-19(26)12-10-17)8-13-20(21)30-23(28)18-6-4-3-5-7-18/h3-15,26H,2H2,1H3,(H,25,27)/b24-15+. The van der Waals surface area contributed by atoms with E-state index in [0.717, 1.165) is 0 Å². The van der Waals surface area contributed by atoms with E-state index >= 15 is 0 Å². The predicted molar refractivity (Wildman–Crippen MR) is 112 cm³/mol. The molecule has 0 aliphatic rings. The van der Waals surface area contributed by atoms with Gasteiger partial charge in [0, 0.05) is 5.56 Å². The second-order valence-corrected chi connectivity index (χ2v) is 6.14. The highest BCUT2D eigenvalue weighted by molar-refractivity contribution is 5.95. The first-order valence-electron chi connectivity index (χ1n) is 9.23. The summed E-state index contributed by atoms with van der Waals surface area (Å²) in [6.45, 7) is 2.20. The van der Waals surface area contributed by atoms with Gasteiger partial charge < -0.3 is 14.6 Å². The highest BCUT2D eigenvalue weighted by Gasteiger charge is 2.13. The number of aromatic hydroxyl groups is 1. The van der Waals surface area contributed by atoms with E-state index in [0.29, 0.717) is 29.0 Å². The largest absolute Gasteiger partial charge is 0.508 e. The Balaban J connectivity index is 1.69. The number of carbonyl (C=O) groups excluding carboxylic acids is 2. The normalized spacial score (nSPS) is 10.6. The molecule has 0 aromatic heterocycles. The van der Waals surface area contributed by atoms with Crippen LogP contribution in [0, 0.1) is 0 Å². The van der Waals surface area contributed by atoms with Gasteiger partial charge in [0.15, 0.2) is 11.5 Å². The van der Waals surface area contributed by atoms with Gasteiger partial charge in [-0.3, -0.25) is 4.79 Å². The lowest BCUT2D eigenvalue weighted by Gasteiger charge is -2.11. The summed E-state index contributed by atoms with van der Waals surface area (Å²) in [5.41, 5.74) is 3.85. The van der Waals surface area contributed by atoms with Crippen LogP contribution in [0.2, 0.25) is 0 Å². The monoisotopic (exact) mass is 404 g/mol. The van der Waals surface area contributed by atoms with Crippen molar-refractivity contribution in [1.82, 2.24) is 5.43 Å². The first-order chi connectivity index (χ1) is 14.6. The lowest BCUT2D eigenvalue weighted by molar-refractivity contribution is 0.0728. The fourth-order valence-electron chi connectivity index (χ4n) is 2.53. The molecule has 2 N–H and O–H groups in total. The SMILES string of the molecule is CCOc1cc(/C=N/NC(=O)c2ccc(O)cc2)ccc1OC(=O)c1ccccc1. The maximum Gasteiger partial charge on any atom is 0.343 e. The van der Waals surface area contributed by atoms with E-state index in [9.17, 15) is 14.7 Å². The summed E-state index contributed by atoms with van der Waals surface area (Å²) in [6.07, 6.45) is 1.45. The molecule has 7 heteroatoms. The Bertz CT molecular complexity index is 1050. The highest BCUT2D eigenvalue weighted by atomic mass is 16.6. The number of carbonyl (C=O) groups is 2. The van der Waals surface area contributed by atoms with Crippen LogP contribution in [0.5, 0.6) is 17.2 Å². The zero-order valence-corrected chi connectivity index (χ0v) is 16.2. The van der Waals surface area contributed by atoms with E-state index in [1.54, 1.807) is 42.5 Å². The van der Waals surface area contributed by atoms with Crippen LogP contribution in [-0.4, -0.2) is 29.8 Å². The lowest BCUT2D eigenvalue weighted by Crippen LogP contribution is -2.17. The van der Waals surface area contributed by atoms with E-state index in [4.69, 9.17) is 9.47 Å². The molecule has 152 valence electrons. The molecule has 0 fully saturated rings. The van der Waals surface area contributed by atoms with Gasteiger partial charge >= 0.3 is 5.97 Å². The molecule has 0 saturated carbocycles. The highest BCUT2D eigenvalue weighted by Crippen LogP contribution is 2.29. The molecule has 0 atom stereocenters. The maximum atomic E-state index is 12.3. The van der Waals surface area contributed by atoms with Gasteiger partial charge in [0.25, 0.3) is 5.91 Å². The number of nitrogens with one attached hydrogen (secondary N) is 1. The van der Waals surface area contributed by atoms with Crippen molar-refractivity contribution >= 4 is 18.1 Å². The lowest BCUT2D eigenvalue weighted by atomic mass is 10.2. The minimum absolute atomic E-state index is 0.0755. The van der Waals surface area contributed by atoms with Crippen LogP contribution < -0.4 is 14.9 Å². The Kier molecular flexibility index (Phi) is 6.78. The van der Waals surface area contributed by atoms with Gasteiger partial charge in [-0.05, 0) is 67.1 Å². The number of esters is 1. The number of hydrazone groups is 1. The minimum atomic E-state index is -0.487. The van der Waals surface area contributed by atoms with Crippen molar-refractivity contribution in [3.05, 3.63) is 89.5 Å². The number of ether oxygens (including phenoxy) is 2. The fourth-order valence-corrected chi connectivity index (χ4v) is 2.53. The number of hydrogen-bond donors (Lipinski definition) is 2. The number of amides is 1. The Morgan fingerprint density at radius 2 is 1.70 bits per heavy atom. The summed E-state index contributed by atoms with van der Waals surface area (Å²) in [4.78, 5) is 24.3. The van der Waals surface area contributed by atoms with Crippen LogP contribution in [0.25, 0.3) is 0 Å². The third-order valence-corrected chi connectivity index (χ3v) is 3.99. The molecule has 0 heterocycles. The molecule has 0 spiro atoms. The number of nitrogens with zero attached hydrogens (tertiary/aromatic N) is 1. The molecule has 0 aliphatic carbocycles.